The summed E-state index contributed by atoms with van der Waals surface area (Å²) in [7, 11) is 0. The van der Waals surface area contributed by atoms with Crippen LogP contribution in [-0.2, 0) is 6.42 Å². The molecule has 164 valence electrons. The van der Waals surface area contributed by atoms with E-state index in [1.54, 1.807) is 12.1 Å². The number of hydrogen-bond donors (Lipinski definition) is 1. The lowest BCUT2D eigenvalue weighted by Crippen LogP contribution is -2.37. The lowest BCUT2D eigenvalue weighted by Gasteiger charge is -2.31. The van der Waals surface area contributed by atoms with Gasteiger partial charge in [-0.15, -0.1) is 0 Å². The molecule has 2 heterocycles. The highest BCUT2D eigenvalue weighted by Gasteiger charge is 2.25. The van der Waals surface area contributed by atoms with E-state index < -0.39 is 5.91 Å². The van der Waals surface area contributed by atoms with Crippen molar-refractivity contribution in [1.29, 1.82) is 0 Å². The number of carbonyl (C=O) groups is 2. The fourth-order valence-corrected chi connectivity index (χ4v) is 3.98. The smallest absolute Gasteiger partial charge is 0.250 e. The molecule has 2 N–H and O–H groups in total. The number of primary amides is 1. The Balaban J connectivity index is 1.22. The minimum atomic E-state index is -0.513. The molecule has 6 heteroatoms. The second kappa shape index (κ2) is 10.2. The number of ether oxygens (including phenoxy) is 1. The highest BCUT2D eigenvalue weighted by atomic mass is 16.5. The van der Waals surface area contributed by atoms with Crippen molar-refractivity contribution in [2.75, 3.05) is 19.6 Å². The highest BCUT2D eigenvalue weighted by Crippen LogP contribution is 2.23. The molecule has 4 rings (SSSR count). The van der Waals surface area contributed by atoms with E-state index in [0.717, 1.165) is 44.5 Å². The monoisotopic (exact) mass is 429 g/mol. The van der Waals surface area contributed by atoms with E-state index in [0.29, 0.717) is 17.2 Å². The van der Waals surface area contributed by atoms with Gasteiger partial charge in [0, 0.05) is 30.3 Å². The summed E-state index contributed by atoms with van der Waals surface area (Å²) < 4.78 is 5.73. The zero-order chi connectivity index (χ0) is 22.3. The number of nitrogens with two attached hydrogens (primary N) is 1. The van der Waals surface area contributed by atoms with Gasteiger partial charge in [0.25, 0.3) is 0 Å². The van der Waals surface area contributed by atoms with Gasteiger partial charge in [0.15, 0.2) is 5.78 Å². The predicted octanol–water partition coefficient (Wildman–Crippen LogP) is 4.11. The van der Waals surface area contributed by atoms with Gasteiger partial charge in [0.2, 0.25) is 11.8 Å². The molecule has 1 amide bonds. The number of benzene rings is 2. The van der Waals surface area contributed by atoms with Crippen LogP contribution < -0.4 is 10.5 Å². The molecule has 0 saturated carbocycles. The molecule has 3 aromatic rings. The largest absolute Gasteiger partial charge is 0.439 e. The van der Waals surface area contributed by atoms with Crippen LogP contribution in [0, 0.1) is 5.92 Å². The summed E-state index contributed by atoms with van der Waals surface area (Å²) in [6.07, 6.45) is 4.19. The first-order chi connectivity index (χ1) is 15.6. The van der Waals surface area contributed by atoms with E-state index in [-0.39, 0.29) is 11.7 Å². The molecule has 32 heavy (non-hydrogen) atoms. The Morgan fingerprint density at radius 2 is 1.66 bits per heavy atom. The Morgan fingerprint density at radius 1 is 0.938 bits per heavy atom. The van der Waals surface area contributed by atoms with Crippen LogP contribution >= 0.6 is 0 Å². The third kappa shape index (κ3) is 5.59. The van der Waals surface area contributed by atoms with Crippen LogP contribution in [0.5, 0.6) is 11.6 Å². The first-order valence-electron chi connectivity index (χ1n) is 10.9. The number of amides is 1. The molecule has 1 aliphatic heterocycles. The summed E-state index contributed by atoms with van der Waals surface area (Å²) >= 11 is 0. The van der Waals surface area contributed by atoms with Gasteiger partial charge in [-0.05, 0) is 56.1 Å². The summed E-state index contributed by atoms with van der Waals surface area (Å²) in [5.74, 6) is 1.000. The fourth-order valence-electron chi connectivity index (χ4n) is 3.98. The van der Waals surface area contributed by atoms with E-state index in [9.17, 15) is 9.59 Å². The number of nitrogens with zero attached hydrogens (tertiary/aromatic N) is 2. The second-order valence-corrected chi connectivity index (χ2v) is 8.09. The lowest BCUT2D eigenvalue weighted by atomic mass is 9.89. The van der Waals surface area contributed by atoms with Crippen LogP contribution in [0.4, 0.5) is 0 Å². The van der Waals surface area contributed by atoms with Crippen molar-refractivity contribution in [1.82, 2.24) is 9.88 Å². The SMILES string of the molecule is NC(=O)c1ccc(Oc2ccc(CCN3CCC(C(=O)c4ccccc4)CC3)cc2)nc1. The number of Topliss-reactive ketones (excluding diaryl/α,β-unsaturated/α-hetero) is 1. The average molecular weight is 430 g/mol. The Kier molecular flexibility index (Phi) is 6.92. The molecule has 0 radical (unpaired) electrons. The van der Waals surface area contributed by atoms with E-state index in [1.165, 1.54) is 11.8 Å². The van der Waals surface area contributed by atoms with Crippen molar-refractivity contribution in [2.45, 2.75) is 19.3 Å². The van der Waals surface area contributed by atoms with Crippen LogP contribution in [0.25, 0.3) is 0 Å². The van der Waals surface area contributed by atoms with Crippen molar-refractivity contribution in [3.63, 3.8) is 0 Å². The number of piperidine rings is 1. The summed E-state index contributed by atoms with van der Waals surface area (Å²) in [6, 6.07) is 20.8. The number of carbonyl (C=O) groups excluding carboxylic acids is 2. The highest BCUT2D eigenvalue weighted by molar-refractivity contribution is 5.97. The average Bonchev–Trinajstić information content (AvgIpc) is 2.84. The number of rotatable bonds is 8. The number of pyridine rings is 1. The van der Waals surface area contributed by atoms with E-state index in [4.69, 9.17) is 10.5 Å². The van der Waals surface area contributed by atoms with E-state index >= 15 is 0 Å². The molecule has 0 spiro atoms. The third-order valence-electron chi connectivity index (χ3n) is 5.90. The Hall–Kier alpha value is -3.51. The van der Waals surface area contributed by atoms with Crippen LogP contribution in [0.2, 0.25) is 0 Å². The van der Waals surface area contributed by atoms with Crippen LogP contribution in [0.1, 0.15) is 39.1 Å². The zero-order valence-electron chi connectivity index (χ0n) is 17.9. The molecule has 1 aliphatic rings. The van der Waals surface area contributed by atoms with Crippen molar-refractivity contribution >= 4 is 11.7 Å². The van der Waals surface area contributed by atoms with Crippen molar-refractivity contribution in [3.8, 4) is 11.6 Å². The Bertz CT molecular complexity index is 1040. The van der Waals surface area contributed by atoms with Gasteiger partial charge in [0.1, 0.15) is 5.75 Å². The molecule has 0 atom stereocenters. The lowest BCUT2D eigenvalue weighted by molar-refractivity contribution is 0.0840. The molecule has 1 saturated heterocycles. The van der Waals surface area contributed by atoms with Crippen molar-refractivity contribution in [3.05, 3.63) is 89.6 Å². The van der Waals surface area contributed by atoms with Gasteiger partial charge in [-0.2, -0.15) is 0 Å². The van der Waals surface area contributed by atoms with Crippen LogP contribution in [0.15, 0.2) is 72.9 Å². The summed E-state index contributed by atoms with van der Waals surface area (Å²) in [5, 5.41) is 0. The van der Waals surface area contributed by atoms with Crippen LogP contribution in [-0.4, -0.2) is 41.2 Å². The van der Waals surface area contributed by atoms with Gasteiger partial charge in [-0.1, -0.05) is 42.5 Å². The molecule has 1 aromatic heterocycles. The fraction of sp³-hybridized carbons (Fsp3) is 0.269. The molecule has 2 aromatic carbocycles. The maximum Gasteiger partial charge on any atom is 0.250 e. The second-order valence-electron chi connectivity index (χ2n) is 8.09. The summed E-state index contributed by atoms with van der Waals surface area (Å²) in [4.78, 5) is 30.3. The van der Waals surface area contributed by atoms with Crippen molar-refractivity contribution in [2.24, 2.45) is 11.7 Å². The van der Waals surface area contributed by atoms with Gasteiger partial charge in [0.05, 0.1) is 5.56 Å². The molecular weight excluding hydrogens is 402 g/mol. The molecule has 0 aliphatic carbocycles. The van der Waals surface area contributed by atoms with Gasteiger partial charge in [-0.25, -0.2) is 4.98 Å². The number of aromatic nitrogens is 1. The molecule has 0 unspecified atom stereocenters. The molecule has 6 nitrogen and oxygen atoms in total. The Morgan fingerprint density at radius 3 is 2.28 bits per heavy atom. The van der Waals surface area contributed by atoms with Crippen LogP contribution in [0.3, 0.4) is 0 Å². The first-order valence-corrected chi connectivity index (χ1v) is 10.9. The molecular formula is C26H27N3O3. The summed E-state index contributed by atoms with van der Waals surface area (Å²) in [6.45, 7) is 2.89. The quantitative estimate of drug-likeness (QED) is 0.545. The summed E-state index contributed by atoms with van der Waals surface area (Å²) in [5.41, 5.74) is 7.63. The van der Waals surface area contributed by atoms with Gasteiger partial charge < -0.3 is 15.4 Å². The number of likely N-dealkylation sites (tertiary alicyclic amines) is 1. The zero-order valence-corrected chi connectivity index (χ0v) is 17.9. The molecule has 0 bridgehead atoms. The minimum absolute atomic E-state index is 0.135. The predicted molar refractivity (Wildman–Crippen MR) is 123 cm³/mol. The van der Waals surface area contributed by atoms with E-state index in [2.05, 4.69) is 22.0 Å². The van der Waals surface area contributed by atoms with Crippen molar-refractivity contribution < 1.29 is 14.3 Å². The topological polar surface area (TPSA) is 85.5 Å². The number of ketones is 1. The number of hydrogen-bond acceptors (Lipinski definition) is 5. The maximum absolute atomic E-state index is 12.6. The third-order valence-corrected chi connectivity index (χ3v) is 5.90. The first kappa shape index (κ1) is 21.7. The van der Waals surface area contributed by atoms with E-state index in [1.807, 2.05) is 42.5 Å². The van der Waals surface area contributed by atoms with Gasteiger partial charge >= 0.3 is 0 Å². The maximum atomic E-state index is 12.6. The Labute approximate surface area is 188 Å². The normalized spacial score (nSPS) is 14.8. The standard InChI is InChI=1S/C26H27N3O3/c27-26(31)22-8-11-24(28-18-22)32-23-9-6-19(7-10-23)12-15-29-16-13-21(14-17-29)25(30)20-4-2-1-3-5-20/h1-11,18,21H,12-17H2,(H2,27,31). The van der Waals surface area contributed by atoms with Gasteiger partial charge in [-0.3, -0.25) is 9.59 Å². The minimum Gasteiger partial charge on any atom is -0.439 e. The molecule has 1 fully saturated rings.